The van der Waals surface area contributed by atoms with E-state index in [4.69, 9.17) is 9.47 Å². The highest BCUT2D eigenvalue weighted by molar-refractivity contribution is 5.94. The topological polar surface area (TPSA) is 76.7 Å². The van der Waals surface area contributed by atoms with Crippen molar-refractivity contribution in [2.24, 2.45) is 0 Å². The van der Waals surface area contributed by atoms with E-state index < -0.39 is 17.5 Å². The summed E-state index contributed by atoms with van der Waals surface area (Å²) in [4.78, 5) is 24.0. The molecule has 166 valence electrons. The predicted octanol–water partition coefficient (Wildman–Crippen LogP) is 4.91. The van der Waals surface area contributed by atoms with Gasteiger partial charge in [0.2, 0.25) is 5.91 Å². The average Bonchev–Trinajstić information content (AvgIpc) is 2.78. The lowest BCUT2D eigenvalue weighted by Crippen LogP contribution is -2.26. The summed E-state index contributed by atoms with van der Waals surface area (Å²) in [7, 11) is 1.56. The fourth-order valence-electron chi connectivity index (χ4n) is 2.88. The van der Waals surface area contributed by atoms with Gasteiger partial charge >= 0.3 is 0 Å². The molecule has 0 heterocycles. The number of hydrogen-bond donors (Lipinski definition) is 2. The zero-order valence-corrected chi connectivity index (χ0v) is 17.4. The van der Waals surface area contributed by atoms with Gasteiger partial charge in [-0.3, -0.25) is 9.59 Å². The third kappa shape index (κ3) is 6.28. The molecule has 0 saturated carbocycles. The second kappa shape index (κ2) is 10.9. The maximum atomic E-state index is 13.6. The molecule has 3 aromatic carbocycles. The molecule has 0 atom stereocenters. The Bertz CT molecular complexity index is 1090. The summed E-state index contributed by atoms with van der Waals surface area (Å²) >= 11 is 0. The lowest BCUT2D eigenvalue weighted by molar-refractivity contribution is -0.116. The van der Waals surface area contributed by atoms with Crippen LogP contribution in [0.5, 0.6) is 17.2 Å². The lowest BCUT2D eigenvalue weighted by Gasteiger charge is -2.11. The maximum absolute atomic E-state index is 13.6. The van der Waals surface area contributed by atoms with Crippen LogP contribution in [0.2, 0.25) is 0 Å². The average molecular weight is 440 g/mol. The first-order valence-electron chi connectivity index (χ1n) is 9.90. The van der Waals surface area contributed by atoms with Crippen LogP contribution in [0.4, 0.5) is 14.5 Å². The second-order valence-corrected chi connectivity index (χ2v) is 6.81. The van der Waals surface area contributed by atoms with Gasteiger partial charge in [0.25, 0.3) is 5.91 Å². The Kier molecular flexibility index (Phi) is 7.75. The van der Waals surface area contributed by atoms with Crippen molar-refractivity contribution >= 4 is 17.5 Å². The predicted molar refractivity (Wildman–Crippen MR) is 116 cm³/mol. The minimum absolute atomic E-state index is 0.158. The number of nitrogens with one attached hydrogen (secondary N) is 2. The zero-order chi connectivity index (χ0) is 22.9. The number of carbonyl (C=O) groups excluding carboxylic acids is 2. The molecule has 3 rings (SSSR count). The number of para-hydroxylation sites is 2. The third-order valence-corrected chi connectivity index (χ3v) is 4.48. The molecule has 0 spiro atoms. The van der Waals surface area contributed by atoms with Crippen LogP contribution < -0.4 is 20.1 Å². The molecule has 0 saturated heterocycles. The summed E-state index contributed by atoms with van der Waals surface area (Å²) in [6.07, 6.45) is 0.515. The Morgan fingerprint density at radius 1 is 0.938 bits per heavy atom. The summed E-state index contributed by atoms with van der Waals surface area (Å²) in [6.45, 7) is 0.175. The van der Waals surface area contributed by atoms with E-state index in [0.717, 1.165) is 12.1 Å². The number of amides is 2. The second-order valence-electron chi connectivity index (χ2n) is 6.81. The van der Waals surface area contributed by atoms with E-state index in [1.54, 1.807) is 43.5 Å². The van der Waals surface area contributed by atoms with E-state index in [1.807, 2.05) is 12.1 Å². The van der Waals surface area contributed by atoms with E-state index in [2.05, 4.69) is 10.6 Å². The van der Waals surface area contributed by atoms with Crippen LogP contribution in [-0.2, 0) is 4.79 Å². The van der Waals surface area contributed by atoms with Crippen LogP contribution in [0.1, 0.15) is 23.2 Å². The molecule has 0 unspecified atom stereocenters. The monoisotopic (exact) mass is 440 g/mol. The van der Waals surface area contributed by atoms with E-state index >= 15 is 0 Å². The Morgan fingerprint density at radius 2 is 1.66 bits per heavy atom. The first kappa shape index (κ1) is 22.7. The Balaban J connectivity index is 1.42. The highest BCUT2D eigenvalue weighted by Gasteiger charge is 2.12. The van der Waals surface area contributed by atoms with E-state index in [-0.39, 0.29) is 24.4 Å². The summed E-state index contributed by atoms with van der Waals surface area (Å²) in [5, 5.41) is 5.27. The van der Waals surface area contributed by atoms with Crippen molar-refractivity contribution in [3.8, 4) is 17.2 Å². The van der Waals surface area contributed by atoms with Gasteiger partial charge in [-0.05, 0) is 55.0 Å². The number of ether oxygens (including phenoxy) is 2. The summed E-state index contributed by atoms with van der Waals surface area (Å²) in [6, 6.07) is 16.9. The number of methoxy groups -OCH3 is 1. The van der Waals surface area contributed by atoms with E-state index in [0.29, 0.717) is 35.4 Å². The van der Waals surface area contributed by atoms with Crippen molar-refractivity contribution < 1.29 is 27.8 Å². The molecule has 8 heteroatoms. The third-order valence-electron chi connectivity index (χ3n) is 4.48. The summed E-state index contributed by atoms with van der Waals surface area (Å²) in [5.74, 6) is -0.802. The van der Waals surface area contributed by atoms with Gasteiger partial charge in [-0.15, -0.1) is 0 Å². The van der Waals surface area contributed by atoms with Crippen LogP contribution in [0.25, 0.3) is 0 Å². The molecule has 0 fully saturated rings. The number of carbonyl (C=O) groups is 2. The van der Waals surface area contributed by atoms with Crippen molar-refractivity contribution in [3.05, 3.63) is 83.9 Å². The molecule has 2 N–H and O–H groups in total. The first-order valence-corrected chi connectivity index (χ1v) is 9.90. The minimum atomic E-state index is -0.932. The highest BCUT2D eigenvalue weighted by atomic mass is 19.1. The number of halogens is 2. The van der Waals surface area contributed by atoms with Gasteiger partial charge in [0.1, 0.15) is 17.4 Å². The minimum Gasteiger partial charge on any atom is -0.493 e. The van der Waals surface area contributed by atoms with Crippen LogP contribution in [0, 0.1) is 11.6 Å². The molecule has 2 amide bonds. The van der Waals surface area contributed by atoms with Crippen LogP contribution in [0.3, 0.4) is 0 Å². The molecule has 0 bridgehead atoms. The maximum Gasteiger partial charge on any atom is 0.254 e. The first-order chi connectivity index (χ1) is 15.5. The fourth-order valence-corrected chi connectivity index (χ4v) is 2.88. The van der Waals surface area contributed by atoms with Crippen molar-refractivity contribution in [1.29, 1.82) is 0 Å². The van der Waals surface area contributed by atoms with Crippen molar-refractivity contribution in [1.82, 2.24) is 5.32 Å². The Morgan fingerprint density at radius 3 is 2.34 bits per heavy atom. The van der Waals surface area contributed by atoms with Gasteiger partial charge in [0.15, 0.2) is 11.5 Å². The van der Waals surface area contributed by atoms with Gasteiger partial charge in [0.05, 0.1) is 12.7 Å². The Hall–Kier alpha value is -3.94. The molecular weight excluding hydrogens is 418 g/mol. The number of benzene rings is 3. The van der Waals surface area contributed by atoms with E-state index in [9.17, 15) is 18.4 Å². The number of hydrogen-bond acceptors (Lipinski definition) is 4. The van der Waals surface area contributed by atoms with Gasteiger partial charge in [0, 0.05) is 24.7 Å². The fraction of sp³-hybridized carbons (Fsp3) is 0.167. The van der Waals surface area contributed by atoms with Gasteiger partial charge in [-0.1, -0.05) is 12.1 Å². The van der Waals surface area contributed by atoms with E-state index in [1.165, 1.54) is 0 Å². The van der Waals surface area contributed by atoms with Crippen LogP contribution in [0.15, 0.2) is 66.7 Å². The molecule has 32 heavy (non-hydrogen) atoms. The molecule has 0 aliphatic heterocycles. The van der Waals surface area contributed by atoms with Crippen molar-refractivity contribution in [2.45, 2.75) is 12.8 Å². The largest absolute Gasteiger partial charge is 0.493 e. The van der Waals surface area contributed by atoms with Crippen molar-refractivity contribution in [3.63, 3.8) is 0 Å². The molecule has 3 aromatic rings. The normalized spacial score (nSPS) is 10.3. The Labute approximate surface area is 184 Å². The molecule has 6 nitrogen and oxygen atoms in total. The quantitative estimate of drug-likeness (QED) is 0.464. The summed E-state index contributed by atoms with van der Waals surface area (Å²) < 4.78 is 37.5. The molecule has 0 aliphatic carbocycles. The molecule has 0 radical (unpaired) electrons. The zero-order valence-electron chi connectivity index (χ0n) is 17.4. The lowest BCUT2D eigenvalue weighted by atomic mass is 10.2. The summed E-state index contributed by atoms with van der Waals surface area (Å²) in [5.41, 5.74) is 0.353. The van der Waals surface area contributed by atoms with Crippen LogP contribution in [-0.4, -0.2) is 25.5 Å². The van der Waals surface area contributed by atoms with Gasteiger partial charge < -0.3 is 20.1 Å². The molecule has 0 aliphatic rings. The molecule has 0 aromatic heterocycles. The smallest absolute Gasteiger partial charge is 0.254 e. The number of rotatable bonds is 9. The number of anilines is 1. The SMILES string of the molecule is COc1ccccc1Oc1ccc(NC(=O)CCCNC(=O)c2ccc(F)cc2F)cc1. The highest BCUT2D eigenvalue weighted by Crippen LogP contribution is 2.31. The molecular formula is C24H22F2N2O4. The van der Waals surface area contributed by atoms with Crippen LogP contribution >= 0.6 is 0 Å². The van der Waals surface area contributed by atoms with Crippen molar-refractivity contribution in [2.75, 3.05) is 19.0 Å². The van der Waals surface area contributed by atoms with Gasteiger partial charge in [-0.2, -0.15) is 0 Å². The van der Waals surface area contributed by atoms with Gasteiger partial charge in [-0.25, -0.2) is 8.78 Å². The standard InChI is InChI=1S/C24H22F2N2O4/c1-31-21-5-2-3-6-22(21)32-18-11-9-17(10-12-18)28-23(29)7-4-14-27-24(30)19-13-8-16(25)15-20(19)26/h2-3,5-6,8-13,15H,4,7,14H2,1H3,(H,27,30)(H,28,29).